The van der Waals surface area contributed by atoms with Crippen molar-refractivity contribution in [2.45, 2.75) is 19.3 Å². The Kier molecular flexibility index (Phi) is 6.61. The SMILES string of the molecule is N#CCCCOc1cccnc1NC(=O)C1CC(=O)N(c2ccccc2Br)C1. The Balaban J connectivity index is 1.65. The fourth-order valence-electron chi connectivity index (χ4n) is 2.94. The van der Waals surface area contributed by atoms with Gasteiger partial charge < -0.3 is 15.0 Å². The average Bonchev–Trinajstić information content (AvgIpc) is 3.08. The molecule has 0 spiro atoms. The first-order valence-corrected chi connectivity index (χ1v) is 9.70. The Bertz CT molecular complexity index is 912. The second-order valence-corrected chi connectivity index (χ2v) is 7.16. The van der Waals surface area contributed by atoms with E-state index in [2.05, 4.69) is 32.3 Å². The molecule has 1 saturated heterocycles. The third-order valence-corrected chi connectivity index (χ3v) is 5.01. The standard InChI is InChI=1S/C20H19BrN4O3/c21-15-6-1-2-7-16(15)25-13-14(12-18(25)26)20(27)24-19-17(8-5-10-23-19)28-11-4-3-9-22/h1-2,5-8,10,14H,3-4,11-13H2,(H,23,24,27). The summed E-state index contributed by atoms with van der Waals surface area (Å²) in [5.41, 5.74) is 0.752. The van der Waals surface area contributed by atoms with E-state index in [1.54, 1.807) is 23.2 Å². The monoisotopic (exact) mass is 442 g/mol. The highest BCUT2D eigenvalue weighted by Crippen LogP contribution is 2.32. The second kappa shape index (κ2) is 9.33. The van der Waals surface area contributed by atoms with Crippen LogP contribution in [0.2, 0.25) is 0 Å². The number of amides is 2. The molecule has 1 fully saturated rings. The van der Waals surface area contributed by atoms with Crippen LogP contribution in [0.1, 0.15) is 19.3 Å². The molecule has 0 radical (unpaired) electrons. The largest absolute Gasteiger partial charge is 0.490 e. The summed E-state index contributed by atoms with van der Waals surface area (Å²) in [5.74, 6) is -0.0883. The van der Waals surface area contributed by atoms with Gasteiger partial charge in [0.05, 0.1) is 24.3 Å². The van der Waals surface area contributed by atoms with Gasteiger partial charge in [0.15, 0.2) is 11.6 Å². The van der Waals surface area contributed by atoms with E-state index >= 15 is 0 Å². The lowest BCUT2D eigenvalue weighted by molar-refractivity contribution is -0.122. The van der Waals surface area contributed by atoms with Crippen molar-refractivity contribution in [3.05, 3.63) is 47.1 Å². The number of hydrogen-bond acceptors (Lipinski definition) is 5. The number of nitrogens with zero attached hydrogens (tertiary/aromatic N) is 3. The maximum atomic E-state index is 12.7. The molecular formula is C20H19BrN4O3. The number of rotatable bonds is 7. The predicted octanol–water partition coefficient (Wildman–Crippen LogP) is 3.52. The van der Waals surface area contributed by atoms with Gasteiger partial charge in [-0.2, -0.15) is 5.26 Å². The third kappa shape index (κ3) is 4.67. The number of carbonyl (C=O) groups excluding carboxylic acids is 2. The Morgan fingerprint density at radius 2 is 2.18 bits per heavy atom. The first-order valence-electron chi connectivity index (χ1n) is 8.90. The Morgan fingerprint density at radius 3 is 2.96 bits per heavy atom. The molecule has 1 aromatic carbocycles. The van der Waals surface area contributed by atoms with E-state index in [9.17, 15) is 9.59 Å². The molecular weight excluding hydrogens is 424 g/mol. The number of pyridine rings is 1. The number of para-hydroxylation sites is 1. The van der Waals surface area contributed by atoms with E-state index in [0.717, 1.165) is 10.2 Å². The van der Waals surface area contributed by atoms with Gasteiger partial charge in [-0.1, -0.05) is 12.1 Å². The quantitative estimate of drug-likeness (QED) is 0.661. The second-order valence-electron chi connectivity index (χ2n) is 6.31. The minimum Gasteiger partial charge on any atom is -0.490 e. The van der Waals surface area contributed by atoms with Crippen LogP contribution in [0.5, 0.6) is 5.75 Å². The van der Waals surface area contributed by atoms with E-state index in [-0.39, 0.29) is 18.2 Å². The Morgan fingerprint density at radius 1 is 1.36 bits per heavy atom. The molecule has 144 valence electrons. The Labute approximate surface area is 171 Å². The van der Waals surface area contributed by atoms with Gasteiger partial charge in [0.25, 0.3) is 0 Å². The molecule has 1 aliphatic rings. The fraction of sp³-hybridized carbons (Fsp3) is 0.300. The lowest BCUT2D eigenvalue weighted by Crippen LogP contribution is -2.28. The average molecular weight is 443 g/mol. The molecule has 8 heteroatoms. The van der Waals surface area contributed by atoms with E-state index < -0.39 is 5.92 Å². The highest BCUT2D eigenvalue weighted by molar-refractivity contribution is 9.10. The fourth-order valence-corrected chi connectivity index (χ4v) is 3.44. The zero-order chi connectivity index (χ0) is 19.9. The molecule has 2 heterocycles. The molecule has 2 amide bonds. The summed E-state index contributed by atoms with van der Waals surface area (Å²) in [6.07, 6.45) is 2.69. The van der Waals surface area contributed by atoms with Crippen LogP contribution in [0, 0.1) is 17.2 Å². The van der Waals surface area contributed by atoms with Crippen LogP contribution < -0.4 is 15.0 Å². The van der Waals surface area contributed by atoms with E-state index in [1.165, 1.54) is 0 Å². The van der Waals surface area contributed by atoms with Crippen molar-refractivity contribution < 1.29 is 14.3 Å². The van der Waals surface area contributed by atoms with Gasteiger partial charge in [-0.15, -0.1) is 0 Å². The first-order chi connectivity index (χ1) is 13.6. The number of unbranched alkanes of at least 4 members (excludes halogenated alkanes) is 1. The molecule has 7 nitrogen and oxygen atoms in total. The lowest BCUT2D eigenvalue weighted by atomic mass is 10.1. The molecule has 28 heavy (non-hydrogen) atoms. The zero-order valence-electron chi connectivity index (χ0n) is 15.1. The smallest absolute Gasteiger partial charge is 0.231 e. The Hall–Kier alpha value is -2.92. The van der Waals surface area contributed by atoms with Crippen molar-refractivity contribution in [1.29, 1.82) is 5.26 Å². The van der Waals surface area contributed by atoms with E-state index in [1.807, 2.05) is 24.3 Å². The molecule has 1 atom stereocenters. The molecule has 0 saturated carbocycles. The molecule has 2 aromatic rings. The summed E-state index contributed by atoms with van der Waals surface area (Å²) < 4.78 is 6.43. The predicted molar refractivity (Wildman–Crippen MR) is 108 cm³/mol. The van der Waals surface area contributed by atoms with Crippen molar-refractivity contribution in [1.82, 2.24) is 4.98 Å². The highest BCUT2D eigenvalue weighted by Gasteiger charge is 2.36. The number of aromatic nitrogens is 1. The first kappa shape index (κ1) is 19.8. The summed E-state index contributed by atoms with van der Waals surface area (Å²) in [6.45, 7) is 0.665. The number of carbonyl (C=O) groups is 2. The number of halogens is 1. The van der Waals surface area contributed by atoms with Crippen LogP contribution in [0.3, 0.4) is 0 Å². The summed E-state index contributed by atoms with van der Waals surface area (Å²) >= 11 is 3.45. The molecule has 1 aliphatic heterocycles. The van der Waals surface area contributed by atoms with Crippen LogP contribution in [-0.4, -0.2) is 29.9 Å². The minimum absolute atomic E-state index is 0.0963. The van der Waals surface area contributed by atoms with Crippen molar-refractivity contribution in [3.63, 3.8) is 0 Å². The van der Waals surface area contributed by atoms with Gasteiger partial charge in [0, 0.05) is 30.1 Å². The van der Waals surface area contributed by atoms with Crippen LogP contribution in [-0.2, 0) is 9.59 Å². The van der Waals surface area contributed by atoms with Gasteiger partial charge in [-0.05, 0) is 46.6 Å². The zero-order valence-corrected chi connectivity index (χ0v) is 16.7. The topological polar surface area (TPSA) is 95.3 Å². The normalized spacial score (nSPS) is 15.9. The number of ether oxygens (including phenoxy) is 1. The van der Waals surface area contributed by atoms with Crippen molar-refractivity contribution in [3.8, 4) is 11.8 Å². The summed E-state index contributed by atoms with van der Waals surface area (Å²) in [6, 6.07) is 12.9. The van der Waals surface area contributed by atoms with Crippen molar-refractivity contribution in [2.24, 2.45) is 5.92 Å². The molecule has 3 rings (SSSR count). The minimum atomic E-state index is -0.479. The number of nitriles is 1. The van der Waals surface area contributed by atoms with Crippen molar-refractivity contribution in [2.75, 3.05) is 23.4 Å². The van der Waals surface area contributed by atoms with Gasteiger partial charge in [-0.25, -0.2) is 4.98 Å². The third-order valence-electron chi connectivity index (χ3n) is 4.34. The molecule has 1 N–H and O–H groups in total. The molecule has 0 aliphatic carbocycles. The summed E-state index contributed by atoms with van der Waals surface area (Å²) in [4.78, 5) is 30.9. The summed E-state index contributed by atoms with van der Waals surface area (Å²) in [5, 5.41) is 11.4. The van der Waals surface area contributed by atoms with Gasteiger partial charge in [0.2, 0.25) is 11.8 Å². The molecule has 1 unspecified atom stereocenters. The number of nitrogens with one attached hydrogen (secondary N) is 1. The number of benzene rings is 1. The van der Waals surface area contributed by atoms with Crippen LogP contribution >= 0.6 is 15.9 Å². The molecule has 1 aromatic heterocycles. The van der Waals surface area contributed by atoms with Gasteiger partial charge in [-0.3, -0.25) is 9.59 Å². The number of anilines is 2. The number of hydrogen-bond donors (Lipinski definition) is 1. The summed E-state index contributed by atoms with van der Waals surface area (Å²) in [7, 11) is 0. The maximum Gasteiger partial charge on any atom is 0.231 e. The van der Waals surface area contributed by atoms with Gasteiger partial charge in [0.1, 0.15) is 0 Å². The van der Waals surface area contributed by atoms with Crippen LogP contribution in [0.15, 0.2) is 47.1 Å². The van der Waals surface area contributed by atoms with Gasteiger partial charge >= 0.3 is 0 Å². The van der Waals surface area contributed by atoms with Crippen molar-refractivity contribution >= 4 is 39.2 Å². The maximum absolute atomic E-state index is 12.7. The lowest BCUT2D eigenvalue weighted by Gasteiger charge is -2.18. The van der Waals surface area contributed by atoms with E-state index in [4.69, 9.17) is 10.00 Å². The van der Waals surface area contributed by atoms with Crippen LogP contribution in [0.4, 0.5) is 11.5 Å². The van der Waals surface area contributed by atoms with Crippen LogP contribution in [0.25, 0.3) is 0 Å². The molecule has 0 bridgehead atoms. The highest BCUT2D eigenvalue weighted by atomic mass is 79.9. The van der Waals surface area contributed by atoms with E-state index in [0.29, 0.717) is 37.6 Å².